The fraction of sp³-hybridized carbons (Fsp3) is 0.533. The number of aryl methyl sites for hydroxylation is 1. The van der Waals surface area contributed by atoms with Crippen LogP contribution in [0.15, 0.2) is 29.2 Å². The van der Waals surface area contributed by atoms with E-state index in [1.165, 1.54) is 16.4 Å². The van der Waals surface area contributed by atoms with E-state index in [4.69, 9.17) is 4.84 Å². The molecule has 7 nitrogen and oxygen atoms in total. The molecule has 2 aliphatic rings. The number of hydrogen-bond acceptors (Lipinski definition) is 6. The molecule has 9 heteroatoms. The highest BCUT2D eigenvalue weighted by atomic mass is 19.3. The number of carbonyl (C=O) groups is 1. The minimum Gasteiger partial charge on any atom is -0.367 e. The van der Waals surface area contributed by atoms with Gasteiger partial charge in [-0.05, 0) is 43.0 Å². The summed E-state index contributed by atoms with van der Waals surface area (Å²) in [6.45, 7) is 1.86. The summed E-state index contributed by atoms with van der Waals surface area (Å²) < 4.78 is 31.3. The van der Waals surface area contributed by atoms with E-state index in [9.17, 15) is 13.6 Å². The molecule has 24 heavy (non-hydrogen) atoms. The molecular weight excluding hydrogens is 322 g/mol. The van der Waals surface area contributed by atoms with Gasteiger partial charge in [0.2, 0.25) is 5.92 Å². The van der Waals surface area contributed by atoms with E-state index >= 15 is 0 Å². The zero-order valence-corrected chi connectivity index (χ0v) is 13.2. The van der Waals surface area contributed by atoms with Gasteiger partial charge in [0.1, 0.15) is 12.0 Å². The molecule has 1 saturated carbocycles. The highest BCUT2D eigenvalue weighted by molar-refractivity contribution is 5.92. The lowest BCUT2D eigenvalue weighted by Gasteiger charge is -2.36. The van der Waals surface area contributed by atoms with Gasteiger partial charge < -0.3 is 4.84 Å². The topological polar surface area (TPSA) is 71.7 Å². The van der Waals surface area contributed by atoms with Crippen LogP contribution < -0.4 is 0 Å². The minimum absolute atomic E-state index is 0.0448. The lowest BCUT2D eigenvalue weighted by molar-refractivity contribution is -0.196. The van der Waals surface area contributed by atoms with E-state index in [0.717, 1.165) is 0 Å². The summed E-state index contributed by atoms with van der Waals surface area (Å²) in [6, 6.07) is 0. The molecule has 0 radical (unpaired) electrons. The van der Waals surface area contributed by atoms with Crippen molar-refractivity contribution in [3.05, 3.63) is 36.0 Å². The van der Waals surface area contributed by atoms with E-state index in [0.29, 0.717) is 18.5 Å². The number of hydroxylamine groups is 1. The third-order valence-corrected chi connectivity index (χ3v) is 4.17. The monoisotopic (exact) mass is 340 g/mol. The van der Waals surface area contributed by atoms with Crippen molar-refractivity contribution in [1.82, 2.24) is 20.5 Å². The molecule has 0 unspecified atom stereocenters. The van der Waals surface area contributed by atoms with Crippen LogP contribution in [-0.2, 0) is 4.84 Å². The molecule has 130 valence electrons. The van der Waals surface area contributed by atoms with Gasteiger partial charge in [0, 0.05) is 19.4 Å². The molecule has 0 aromatic carbocycles. The highest BCUT2D eigenvalue weighted by Crippen LogP contribution is 2.36. The van der Waals surface area contributed by atoms with Crippen molar-refractivity contribution in [2.24, 2.45) is 5.92 Å². The van der Waals surface area contributed by atoms with Crippen LogP contribution in [0.3, 0.4) is 0 Å². The number of carbonyl (C=O) groups excluding carboxylic acids is 1. The minimum atomic E-state index is -2.61. The largest absolute Gasteiger partial charge is 0.367 e. The molecule has 1 aliphatic carbocycles. The first-order chi connectivity index (χ1) is 11.5. The number of hydrazine groups is 1. The first-order valence-electron chi connectivity index (χ1n) is 7.74. The van der Waals surface area contributed by atoms with Crippen LogP contribution in [0.5, 0.6) is 0 Å². The Hall–Kier alpha value is -2.45. The van der Waals surface area contributed by atoms with Gasteiger partial charge in [-0.1, -0.05) is 5.16 Å². The zero-order valence-electron chi connectivity index (χ0n) is 13.2. The average molecular weight is 340 g/mol. The maximum absolute atomic E-state index is 13.3. The van der Waals surface area contributed by atoms with Crippen LogP contribution >= 0.6 is 0 Å². The maximum Gasteiger partial charge on any atom is 0.299 e. The van der Waals surface area contributed by atoms with E-state index in [1.54, 1.807) is 25.3 Å². The van der Waals surface area contributed by atoms with Gasteiger partial charge in [-0.3, -0.25) is 4.79 Å². The fourth-order valence-corrected chi connectivity index (χ4v) is 2.77. The van der Waals surface area contributed by atoms with Crippen molar-refractivity contribution < 1.29 is 23.0 Å². The molecule has 1 aromatic heterocycles. The molecule has 0 N–H and O–H groups in total. The SMILES string of the molecule is Cc1nonc1C(=O)N(CC1CCC(F)(F)CC1)N1C=CC=CO1. The summed E-state index contributed by atoms with van der Waals surface area (Å²) in [5.74, 6) is -3.11. The standard InChI is InChI=1S/C15H18F2N4O3/c1-11-13(19-24-18-11)14(22)20(21-8-2-3-9-23-21)10-12-4-6-15(16,17)7-5-12/h2-3,8-9,12H,4-7,10H2,1H3. The second-order valence-electron chi connectivity index (χ2n) is 5.96. The molecular formula is C15H18F2N4O3. The summed E-state index contributed by atoms with van der Waals surface area (Å²) >= 11 is 0. The predicted octanol–water partition coefficient (Wildman–Crippen LogP) is 2.84. The van der Waals surface area contributed by atoms with Crippen molar-refractivity contribution in [2.45, 2.75) is 38.5 Å². The average Bonchev–Trinajstić information content (AvgIpc) is 3.00. The number of hydrogen-bond donors (Lipinski definition) is 0. The Labute approximate surface area is 137 Å². The maximum atomic E-state index is 13.3. The number of alkyl halides is 2. The Bertz CT molecular complexity index is 649. The molecule has 0 atom stereocenters. The van der Waals surface area contributed by atoms with E-state index < -0.39 is 11.8 Å². The molecule has 1 aromatic rings. The van der Waals surface area contributed by atoms with Crippen LogP contribution in [0.2, 0.25) is 0 Å². The second-order valence-corrected chi connectivity index (χ2v) is 5.96. The van der Waals surface area contributed by atoms with Crippen LogP contribution in [0, 0.1) is 12.8 Å². The van der Waals surface area contributed by atoms with E-state index in [1.807, 2.05) is 0 Å². The Kier molecular flexibility index (Phi) is 4.50. The first-order valence-corrected chi connectivity index (χ1v) is 7.74. The van der Waals surface area contributed by atoms with Crippen LogP contribution in [-0.4, -0.2) is 38.9 Å². The third kappa shape index (κ3) is 3.55. The summed E-state index contributed by atoms with van der Waals surface area (Å²) in [5, 5.41) is 9.83. The van der Waals surface area contributed by atoms with Gasteiger partial charge in [0.05, 0.1) is 6.20 Å². The molecule has 1 fully saturated rings. The lowest BCUT2D eigenvalue weighted by atomic mass is 9.86. The van der Waals surface area contributed by atoms with Crippen LogP contribution in [0.1, 0.15) is 41.9 Å². The normalized spacial score (nSPS) is 20.0. The van der Waals surface area contributed by atoms with Crippen molar-refractivity contribution in [3.63, 3.8) is 0 Å². The molecule has 3 rings (SSSR count). The number of rotatable bonds is 4. The lowest BCUT2D eigenvalue weighted by Crippen LogP contribution is -2.47. The van der Waals surface area contributed by atoms with Gasteiger partial charge in [-0.15, -0.1) is 5.17 Å². The molecule has 1 aliphatic heterocycles. The molecule has 0 bridgehead atoms. The summed E-state index contributed by atoms with van der Waals surface area (Å²) in [4.78, 5) is 18.1. The van der Waals surface area contributed by atoms with Crippen LogP contribution in [0.4, 0.5) is 8.78 Å². The highest BCUT2D eigenvalue weighted by Gasteiger charge is 2.37. The second kappa shape index (κ2) is 6.58. The first kappa shape index (κ1) is 16.4. The summed E-state index contributed by atoms with van der Waals surface area (Å²) in [7, 11) is 0. The Balaban J connectivity index is 1.75. The smallest absolute Gasteiger partial charge is 0.299 e. The number of amides is 1. The van der Waals surface area contributed by atoms with Gasteiger partial charge in [-0.25, -0.2) is 18.4 Å². The molecule has 2 heterocycles. The van der Waals surface area contributed by atoms with Crippen molar-refractivity contribution in [3.8, 4) is 0 Å². The quantitative estimate of drug-likeness (QED) is 0.839. The molecule has 0 saturated heterocycles. The van der Waals surface area contributed by atoms with E-state index in [2.05, 4.69) is 14.9 Å². The Morgan fingerprint density at radius 3 is 2.71 bits per heavy atom. The van der Waals surface area contributed by atoms with Gasteiger partial charge in [-0.2, -0.15) is 0 Å². The Morgan fingerprint density at radius 1 is 1.38 bits per heavy atom. The van der Waals surface area contributed by atoms with Crippen molar-refractivity contribution >= 4 is 5.91 Å². The van der Waals surface area contributed by atoms with Crippen molar-refractivity contribution in [2.75, 3.05) is 6.54 Å². The molecule has 1 amide bonds. The summed E-state index contributed by atoms with van der Waals surface area (Å²) in [6.07, 6.45) is 6.72. The number of aromatic nitrogens is 2. The number of halogens is 2. The Morgan fingerprint density at radius 2 is 2.12 bits per heavy atom. The molecule has 0 spiro atoms. The van der Waals surface area contributed by atoms with E-state index in [-0.39, 0.29) is 31.0 Å². The fourth-order valence-electron chi connectivity index (χ4n) is 2.77. The third-order valence-electron chi connectivity index (χ3n) is 4.17. The van der Waals surface area contributed by atoms with Gasteiger partial charge in [0.15, 0.2) is 5.69 Å². The van der Waals surface area contributed by atoms with Crippen LogP contribution in [0.25, 0.3) is 0 Å². The zero-order chi connectivity index (χ0) is 17.2. The predicted molar refractivity (Wildman–Crippen MR) is 78.2 cm³/mol. The summed E-state index contributed by atoms with van der Waals surface area (Å²) in [5.41, 5.74) is 0.430. The van der Waals surface area contributed by atoms with Gasteiger partial charge in [0.25, 0.3) is 5.91 Å². The van der Waals surface area contributed by atoms with Crippen molar-refractivity contribution in [1.29, 1.82) is 0 Å². The van der Waals surface area contributed by atoms with Gasteiger partial charge >= 0.3 is 0 Å². The number of allylic oxidation sites excluding steroid dienone is 2. The number of nitrogens with zero attached hydrogens (tertiary/aromatic N) is 4.